The van der Waals surface area contributed by atoms with E-state index in [1.54, 1.807) is 0 Å². The predicted octanol–water partition coefficient (Wildman–Crippen LogP) is 1.67. The molecule has 0 aliphatic heterocycles. The van der Waals surface area contributed by atoms with Gasteiger partial charge in [0, 0.05) is 24.2 Å². The van der Waals surface area contributed by atoms with Crippen molar-refractivity contribution in [2.75, 3.05) is 27.2 Å². The van der Waals surface area contributed by atoms with Crippen molar-refractivity contribution in [1.82, 2.24) is 9.80 Å². The lowest BCUT2D eigenvalue weighted by atomic mass is 9.74. The van der Waals surface area contributed by atoms with Crippen molar-refractivity contribution in [3.8, 4) is 0 Å². The fourth-order valence-electron chi connectivity index (χ4n) is 6.18. The van der Waals surface area contributed by atoms with E-state index in [4.69, 9.17) is 11.5 Å². The number of nitrogens with two attached hydrogens (primary N) is 2. The van der Waals surface area contributed by atoms with Gasteiger partial charge in [0.25, 0.3) is 0 Å². The van der Waals surface area contributed by atoms with E-state index in [9.17, 15) is 10.2 Å². The van der Waals surface area contributed by atoms with Crippen LogP contribution in [0.15, 0.2) is 0 Å². The van der Waals surface area contributed by atoms with Gasteiger partial charge in [0.05, 0.1) is 24.3 Å². The minimum absolute atomic E-state index is 0.0484. The molecule has 0 amide bonds. The van der Waals surface area contributed by atoms with Crippen LogP contribution in [-0.4, -0.2) is 82.6 Å². The highest BCUT2D eigenvalue weighted by Crippen LogP contribution is 2.34. The zero-order valence-electron chi connectivity index (χ0n) is 18.7. The van der Waals surface area contributed by atoms with E-state index < -0.39 is 12.2 Å². The van der Waals surface area contributed by atoms with Crippen LogP contribution in [0.25, 0.3) is 0 Å². The van der Waals surface area contributed by atoms with E-state index in [1.165, 1.54) is 12.8 Å². The number of rotatable bonds is 9. The van der Waals surface area contributed by atoms with Crippen LogP contribution in [0.1, 0.15) is 78.1 Å². The van der Waals surface area contributed by atoms with Crippen LogP contribution in [0.5, 0.6) is 0 Å². The number of likely N-dealkylation sites (N-methyl/N-ethyl adjacent to an activating group) is 2. The summed E-state index contributed by atoms with van der Waals surface area (Å²) >= 11 is 0. The Morgan fingerprint density at radius 2 is 0.964 bits per heavy atom. The molecule has 0 saturated heterocycles. The van der Waals surface area contributed by atoms with Crippen molar-refractivity contribution in [2.24, 2.45) is 11.5 Å². The zero-order valence-corrected chi connectivity index (χ0v) is 18.7. The Bertz CT molecular complexity index is 417. The van der Waals surface area contributed by atoms with Crippen LogP contribution in [0.4, 0.5) is 0 Å². The molecule has 0 aromatic carbocycles. The van der Waals surface area contributed by atoms with E-state index in [-0.39, 0.29) is 23.2 Å². The van der Waals surface area contributed by atoms with Crippen molar-refractivity contribution < 1.29 is 10.2 Å². The third kappa shape index (κ3) is 5.67. The van der Waals surface area contributed by atoms with Gasteiger partial charge in [-0.3, -0.25) is 9.80 Å². The van der Waals surface area contributed by atoms with Crippen LogP contribution in [-0.2, 0) is 0 Å². The molecule has 0 aromatic rings. The quantitative estimate of drug-likeness (QED) is 0.472. The molecule has 2 fully saturated rings. The molecule has 28 heavy (non-hydrogen) atoms. The Balaban J connectivity index is 2.02. The summed E-state index contributed by atoms with van der Waals surface area (Å²) in [5.41, 5.74) is 12.9. The van der Waals surface area contributed by atoms with Gasteiger partial charge >= 0.3 is 0 Å². The third-order valence-corrected chi connectivity index (χ3v) is 7.42. The SMILES string of the molecule is CC(O)C(N(C)CCN(C)C(C(C)O)C1(N)CCCCC1)C1(N)CCCCC1. The molecule has 6 nitrogen and oxygen atoms in total. The Labute approximate surface area is 172 Å². The van der Waals surface area contributed by atoms with Crippen molar-refractivity contribution in [3.63, 3.8) is 0 Å². The summed E-state index contributed by atoms with van der Waals surface area (Å²) in [7, 11) is 4.15. The molecule has 2 aliphatic rings. The van der Waals surface area contributed by atoms with E-state index in [2.05, 4.69) is 23.9 Å². The van der Waals surface area contributed by atoms with Crippen LogP contribution in [0.2, 0.25) is 0 Å². The van der Waals surface area contributed by atoms with Gasteiger partial charge in [-0.1, -0.05) is 38.5 Å². The summed E-state index contributed by atoms with van der Waals surface area (Å²) in [6.45, 7) is 5.32. The molecule has 0 heterocycles. The summed E-state index contributed by atoms with van der Waals surface area (Å²) in [5, 5.41) is 21.0. The first kappa shape index (κ1) is 24.0. The van der Waals surface area contributed by atoms with Crippen molar-refractivity contribution in [2.45, 2.75) is 113 Å². The second kappa shape index (κ2) is 10.2. The topological polar surface area (TPSA) is 99.0 Å². The highest BCUT2D eigenvalue weighted by atomic mass is 16.3. The fraction of sp³-hybridized carbons (Fsp3) is 1.00. The first-order chi connectivity index (χ1) is 13.1. The maximum absolute atomic E-state index is 10.5. The summed E-state index contributed by atoms with van der Waals surface area (Å²) in [4.78, 5) is 4.46. The summed E-state index contributed by atoms with van der Waals surface area (Å²) in [6, 6.07) is -0.0968. The normalized spacial score (nSPS) is 26.8. The van der Waals surface area contributed by atoms with E-state index >= 15 is 0 Å². The van der Waals surface area contributed by atoms with Gasteiger partial charge in [-0.15, -0.1) is 0 Å². The van der Waals surface area contributed by atoms with Gasteiger partial charge in [0.1, 0.15) is 0 Å². The Morgan fingerprint density at radius 1 is 0.679 bits per heavy atom. The van der Waals surface area contributed by atoms with Gasteiger partial charge in [0.15, 0.2) is 0 Å². The Morgan fingerprint density at radius 3 is 1.21 bits per heavy atom. The monoisotopic (exact) mass is 398 g/mol. The maximum Gasteiger partial charge on any atom is 0.0685 e. The minimum Gasteiger partial charge on any atom is -0.392 e. The lowest BCUT2D eigenvalue weighted by Gasteiger charge is -2.48. The molecule has 2 saturated carbocycles. The highest BCUT2D eigenvalue weighted by Gasteiger charge is 2.43. The lowest BCUT2D eigenvalue weighted by molar-refractivity contribution is -0.0107. The number of nitrogens with zero attached hydrogens (tertiary/aromatic N) is 2. The Kier molecular flexibility index (Phi) is 8.74. The third-order valence-electron chi connectivity index (χ3n) is 7.42. The largest absolute Gasteiger partial charge is 0.392 e. The molecule has 4 atom stereocenters. The number of hydrogen-bond donors (Lipinski definition) is 4. The van der Waals surface area contributed by atoms with Crippen molar-refractivity contribution in [3.05, 3.63) is 0 Å². The van der Waals surface area contributed by atoms with Gasteiger partial charge in [-0.25, -0.2) is 0 Å². The summed E-state index contributed by atoms with van der Waals surface area (Å²) < 4.78 is 0. The molecular formula is C22H46N4O2. The van der Waals surface area contributed by atoms with Crippen LogP contribution in [0.3, 0.4) is 0 Å². The number of aliphatic hydroxyl groups is 2. The summed E-state index contributed by atoms with van der Waals surface area (Å²) in [6.07, 6.45) is 10.0. The van der Waals surface area contributed by atoms with E-state index in [1.807, 2.05) is 13.8 Å². The number of hydrogen-bond acceptors (Lipinski definition) is 6. The highest BCUT2D eigenvalue weighted by molar-refractivity contribution is 5.03. The Hall–Kier alpha value is -0.240. The first-order valence-corrected chi connectivity index (χ1v) is 11.4. The molecule has 0 spiro atoms. The molecule has 166 valence electrons. The molecule has 6 N–H and O–H groups in total. The van der Waals surface area contributed by atoms with Gasteiger partial charge in [0.2, 0.25) is 0 Å². The number of aliphatic hydroxyl groups excluding tert-OH is 2. The maximum atomic E-state index is 10.5. The minimum atomic E-state index is -0.467. The summed E-state index contributed by atoms with van der Waals surface area (Å²) in [5.74, 6) is 0. The van der Waals surface area contributed by atoms with Crippen LogP contribution < -0.4 is 11.5 Å². The van der Waals surface area contributed by atoms with Crippen molar-refractivity contribution >= 4 is 0 Å². The van der Waals surface area contributed by atoms with E-state index in [0.29, 0.717) is 0 Å². The molecule has 2 aliphatic carbocycles. The second-order valence-electron chi connectivity index (χ2n) is 9.92. The molecule has 4 unspecified atom stereocenters. The van der Waals surface area contributed by atoms with E-state index in [0.717, 1.165) is 64.5 Å². The predicted molar refractivity (Wildman–Crippen MR) is 116 cm³/mol. The fourth-order valence-corrected chi connectivity index (χ4v) is 6.18. The average molecular weight is 399 g/mol. The standard InChI is InChI=1S/C22H46N4O2/c1-17(27)19(21(23)11-7-5-8-12-21)25(3)15-16-26(4)20(18(2)28)22(24)13-9-6-10-14-22/h17-20,27-28H,5-16,23-24H2,1-4H3. The smallest absolute Gasteiger partial charge is 0.0685 e. The average Bonchev–Trinajstić information content (AvgIpc) is 2.60. The molecular weight excluding hydrogens is 352 g/mol. The second-order valence-corrected chi connectivity index (χ2v) is 9.92. The van der Waals surface area contributed by atoms with Crippen LogP contribution >= 0.6 is 0 Å². The van der Waals surface area contributed by atoms with Gasteiger partial charge in [-0.2, -0.15) is 0 Å². The molecule has 2 rings (SSSR count). The zero-order chi connectivity index (χ0) is 20.9. The molecule has 6 heteroatoms. The first-order valence-electron chi connectivity index (χ1n) is 11.4. The lowest BCUT2D eigenvalue weighted by Crippen LogP contribution is -2.65. The molecule has 0 aromatic heterocycles. The van der Waals surface area contributed by atoms with Crippen LogP contribution in [0, 0.1) is 0 Å². The van der Waals surface area contributed by atoms with Gasteiger partial charge < -0.3 is 21.7 Å². The molecule has 0 bridgehead atoms. The van der Waals surface area contributed by atoms with Gasteiger partial charge in [-0.05, 0) is 53.6 Å². The molecule has 0 radical (unpaired) electrons. The van der Waals surface area contributed by atoms with Crippen molar-refractivity contribution in [1.29, 1.82) is 0 Å².